The zero-order valence-corrected chi connectivity index (χ0v) is 23.0. The SMILES string of the molecule is CCCCCCCCCCCCCCCCCC(N)C(C)(c1ccccc1)c1ccccc1.Cl. The van der Waals surface area contributed by atoms with E-state index in [1.165, 1.54) is 107 Å². The molecule has 1 nitrogen and oxygen atoms in total. The largest absolute Gasteiger partial charge is 0.327 e. The third kappa shape index (κ3) is 11.0. The van der Waals surface area contributed by atoms with Crippen molar-refractivity contribution in [3.8, 4) is 0 Å². The lowest BCUT2D eigenvalue weighted by Gasteiger charge is -2.37. The fourth-order valence-electron chi connectivity index (χ4n) is 5.19. The van der Waals surface area contributed by atoms with E-state index in [4.69, 9.17) is 5.73 Å². The van der Waals surface area contributed by atoms with Crippen LogP contribution in [0, 0.1) is 0 Å². The van der Waals surface area contributed by atoms with E-state index in [1.807, 2.05) is 0 Å². The van der Waals surface area contributed by atoms with Crippen LogP contribution in [0.2, 0.25) is 0 Å². The number of hydrogen-bond donors (Lipinski definition) is 1. The first-order chi connectivity index (χ1) is 16.2. The Bertz CT molecular complexity index is 660. The molecule has 0 saturated heterocycles. The van der Waals surface area contributed by atoms with Crippen molar-refractivity contribution in [3.05, 3.63) is 71.8 Å². The number of hydrogen-bond acceptors (Lipinski definition) is 1. The van der Waals surface area contributed by atoms with Crippen LogP contribution in [-0.2, 0) is 5.41 Å². The molecular formula is C32H52ClN. The lowest BCUT2D eigenvalue weighted by Crippen LogP contribution is -2.44. The summed E-state index contributed by atoms with van der Waals surface area (Å²) < 4.78 is 0. The highest BCUT2D eigenvalue weighted by molar-refractivity contribution is 5.85. The summed E-state index contributed by atoms with van der Waals surface area (Å²) in [4.78, 5) is 0. The first-order valence-electron chi connectivity index (χ1n) is 14.1. The van der Waals surface area contributed by atoms with E-state index in [0.717, 1.165) is 6.42 Å². The van der Waals surface area contributed by atoms with Crippen LogP contribution in [0.15, 0.2) is 60.7 Å². The summed E-state index contributed by atoms with van der Waals surface area (Å²) in [6.07, 6.45) is 22.1. The van der Waals surface area contributed by atoms with Gasteiger partial charge in [0.15, 0.2) is 0 Å². The number of halogens is 1. The summed E-state index contributed by atoms with van der Waals surface area (Å²) in [5.41, 5.74) is 9.38. The van der Waals surface area contributed by atoms with Crippen LogP contribution >= 0.6 is 12.4 Å². The van der Waals surface area contributed by atoms with E-state index in [0.29, 0.717) is 0 Å². The normalized spacial score (nSPS) is 12.3. The molecule has 34 heavy (non-hydrogen) atoms. The highest BCUT2D eigenvalue weighted by Crippen LogP contribution is 2.36. The quantitative estimate of drug-likeness (QED) is 0.197. The molecule has 0 saturated carbocycles. The smallest absolute Gasteiger partial charge is 0.0325 e. The van der Waals surface area contributed by atoms with Gasteiger partial charge >= 0.3 is 0 Å². The molecule has 1 atom stereocenters. The molecule has 2 aromatic carbocycles. The lowest BCUT2D eigenvalue weighted by molar-refractivity contribution is 0.401. The van der Waals surface area contributed by atoms with E-state index in [-0.39, 0.29) is 23.9 Å². The second-order valence-corrected chi connectivity index (χ2v) is 10.3. The summed E-state index contributed by atoms with van der Waals surface area (Å²) >= 11 is 0. The lowest BCUT2D eigenvalue weighted by atomic mass is 9.69. The van der Waals surface area contributed by atoms with Gasteiger partial charge in [0, 0.05) is 11.5 Å². The van der Waals surface area contributed by atoms with Gasteiger partial charge in [-0.1, -0.05) is 164 Å². The summed E-state index contributed by atoms with van der Waals surface area (Å²) in [7, 11) is 0. The Morgan fingerprint density at radius 1 is 0.559 bits per heavy atom. The average Bonchev–Trinajstić information content (AvgIpc) is 2.86. The topological polar surface area (TPSA) is 26.0 Å². The predicted octanol–water partition coefficient (Wildman–Crippen LogP) is 10.0. The van der Waals surface area contributed by atoms with Crippen molar-refractivity contribution in [1.82, 2.24) is 0 Å². The first kappa shape index (κ1) is 30.7. The van der Waals surface area contributed by atoms with Crippen LogP contribution < -0.4 is 5.73 Å². The third-order valence-corrected chi connectivity index (χ3v) is 7.61. The van der Waals surface area contributed by atoms with Crippen molar-refractivity contribution < 1.29 is 0 Å². The van der Waals surface area contributed by atoms with Crippen molar-refractivity contribution in [2.75, 3.05) is 0 Å². The maximum atomic E-state index is 6.87. The van der Waals surface area contributed by atoms with Gasteiger partial charge in [0.25, 0.3) is 0 Å². The highest BCUT2D eigenvalue weighted by Gasteiger charge is 2.34. The van der Waals surface area contributed by atoms with Crippen molar-refractivity contribution >= 4 is 12.4 Å². The predicted molar refractivity (Wildman–Crippen MR) is 154 cm³/mol. The van der Waals surface area contributed by atoms with Crippen molar-refractivity contribution in [2.24, 2.45) is 5.73 Å². The van der Waals surface area contributed by atoms with Gasteiger partial charge < -0.3 is 5.73 Å². The summed E-state index contributed by atoms with van der Waals surface area (Å²) in [5, 5.41) is 0. The molecule has 0 amide bonds. The molecule has 2 rings (SSSR count). The van der Waals surface area contributed by atoms with Crippen LogP contribution in [0.25, 0.3) is 0 Å². The second-order valence-electron chi connectivity index (χ2n) is 10.3. The molecule has 0 aliphatic heterocycles. The minimum atomic E-state index is -0.140. The van der Waals surface area contributed by atoms with Crippen molar-refractivity contribution in [3.63, 3.8) is 0 Å². The van der Waals surface area contributed by atoms with Gasteiger partial charge in [-0.2, -0.15) is 0 Å². The number of nitrogens with two attached hydrogens (primary N) is 1. The Balaban J connectivity index is 0.00000578. The van der Waals surface area contributed by atoms with Gasteiger partial charge in [0.2, 0.25) is 0 Å². The van der Waals surface area contributed by atoms with Gasteiger partial charge in [-0.05, 0) is 24.5 Å². The molecule has 1 unspecified atom stereocenters. The van der Waals surface area contributed by atoms with Gasteiger partial charge in [0.05, 0.1) is 0 Å². The zero-order valence-electron chi connectivity index (χ0n) is 22.2. The molecule has 0 radical (unpaired) electrons. The molecule has 192 valence electrons. The fraction of sp³-hybridized carbons (Fsp3) is 0.625. The summed E-state index contributed by atoms with van der Waals surface area (Å²) in [5.74, 6) is 0. The van der Waals surface area contributed by atoms with Gasteiger partial charge in [-0.25, -0.2) is 0 Å². The molecule has 0 spiro atoms. The van der Waals surface area contributed by atoms with Gasteiger partial charge in [0.1, 0.15) is 0 Å². The monoisotopic (exact) mass is 485 g/mol. The van der Waals surface area contributed by atoms with E-state index in [2.05, 4.69) is 74.5 Å². The average molecular weight is 486 g/mol. The van der Waals surface area contributed by atoms with Gasteiger partial charge in [-0.3, -0.25) is 0 Å². The molecule has 0 heterocycles. The van der Waals surface area contributed by atoms with Crippen LogP contribution in [0.5, 0.6) is 0 Å². The van der Waals surface area contributed by atoms with E-state index in [9.17, 15) is 0 Å². The van der Waals surface area contributed by atoms with Crippen molar-refractivity contribution in [1.29, 1.82) is 0 Å². The fourth-order valence-corrected chi connectivity index (χ4v) is 5.19. The molecule has 0 bridgehead atoms. The molecule has 0 aliphatic rings. The van der Waals surface area contributed by atoms with Crippen LogP contribution in [0.1, 0.15) is 128 Å². The molecular weight excluding hydrogens is 434 g/mol. The maximum absolute atomic E-state index is 6.87. The standard InChI is InChI=1S/C32H51N.ClH/c1-3-4-5-6-7-8-9-10-11-12-13-14-15-16-23-28-31(33)32(2,29-24-19-17-20-25-29)30-26-21-18-22-27-30;/h17-22,24-27,31H,3-16,23,28,33H2,1-2H3;1H. The number of benzene rings is 2. The molecule has 0 aromatic heterocycles. The molecule has 2 N–H and O–H groups in total. The van der Waals surface area contributed by atoms with Gasteiger partial charge in [-0.15, -0.1) is 12.4 Å². The minimum Gasteiger partial charge on any atom is -0.327 e. The van der Waals surface area contributed by atoms with Crippen LogP contribution in [-0.4, -0.2) is 6.04 Å². The second kappa shape index (κ2) is 18.9. The Labute approximate surface area is 217 Å². The third-order valence-electron chi connectivity index (χ3n) is 7.61. The molecule has 0 aliphatic carbocycles. The maximum Gasteiger partial charge on any atom is 0.0325 e. The van der Waals surface area contributed by atoms with Crippen LogP contribution in [0.3, 0.4) is 0 Å². The molecule has 2 aromatic rings. The van der Waals surface area contributed by atoms with E-state index >= 15 is 0 Å². The Hall–Kier alpha value is -1.31. The highest BCUT2D eigenvalue weighted by atomic mass is 35.5. The molecule has 2 heteroatoms. The summed E-state index contributed by atoms with van der Waals surface area (Å²) in [6.45, 7) is 4.62. The Morgan fingerprint density at radius 3 is 1.24 bits per heavy atom. The van der Waals surface area contributed by atoms with Crippen LogP contribution in [0.4, 0.5) is 0 Å². The van der Waals surface area contributed by atoms with Crippen molar-refractivity contribution in [2.45, 2.75) is 128 Å². The summed E-state index contributed by atoms with van der Waals surface area (Å²) in [6, 6.07) is 21.8. The first-order valence-corrected chi connectivity index (χ1v) is 14.1. The Kier molecular flexibility index (Phi) is 17.1. The molecule has 0 fully saturated rings. The minimum absolute atomic E-state index is 0. The zero-order chi connectivity index (χ0) is 23.6. The number of unbranched alkanes of at least 4 members (excludes halogenated alkanes) is 14. The van der Waals surface area contributed by atoms with E-state index < -0.39 is 0 Å². The Morgan fingerprint density at radius 2 is 0.882 bits per heavy atom. The van der Waals surface area contributed by atoms with E-state index in [1.54, 1.807) is 0 Å². The number of rotatable bonds is 19.